The molecular weight excluding hydrogens is 304 g/mol. The average molecular weight is 326 g/mol. The molecule has 5 nitrogen and oxygen atoms in total. The summed E-state index contributed by atoms with van der Waals surface area (Å²) in [4.78, 5) is 24.1. The van der Waals surface area contributed by atoms with Gasteiger partial charge in [0.15, 0.2) is 0 Å². The average Bonchev–Trinajstić information content (AvgIpc) is 2.60. The number of hydrogen-bond donors (Lipinski definition) is 2. The molecule has 1 unspecified atom stereocenters. The molecule has 0 saturated heterocycles. The summed E-state index contributed by atoms with van der Waals surface area (Å²) in [7, 11) is 1.59. The van der Waals surface area contributed by atoms with Gasteiger partial charge in [0.1, 0.15) is 5.75 Å². The van der Waals surface area contributed by atoms with E-state index in [2.05, 4.69) is 10.6 Å². The van der Waals surface area contributed by atoms with E-state index in [9.17, 15) is 9.59 Å². The number of carbonyl (C=O) groups is 2. The van der Waals surface area contributed by atoms with Crippen LogP contribution in [0.15, 0.2) is 48.5 Å². The van der Waals surface area contributed by atoms with Crippen LogP contribution in [0.4, 0.5) is 0 Å². The SMILES string of the molecule is COc1ccccc1C(C)NC(=O)CNC(=O)c1ccc(C)cc1. The van der Waals surface area contributed by atoms with Gasteiger partial charge >= 0.3 is 0 Å². The number of nitrogens with one attached hydrogen (secondary N) is 2. The molecule has 0 aliphatic carbocycles. The Morgan fingerprint density at radius 3 is 2.42 bits per heavy atom. The minimum absolute atomic E-state index is 0.0772. The van der Waals surface area contributed by atoms with E-state index in [0.29, 0.717) is 11.3 Å². The minimum Gasteiger partial charge on any atom is -0.496 e. The molecule has 0 spiro atoms. The first-order valence-electron chi connectivity index (χ1n) is 7.78. The fourth-order valence-electron chi connectivity index (χ4n) is 2.36. The van der Waals surface area contributed by atoms with E-state index in [0.717, 1.165) is 11.1 Å². The summed E-state index contributed by atoms with van der Waals surface area (Å²) >= 11 is 0. The van der Waals surface area contributed by atoms with Crippen molar-refractivity contribution in [3.8, 4) is 5.75 Å². The van der Waals surface area contributed by atoms with Crippen LogP contribution in [0.2, 0.25) is 0 Å². The molecule has 2 rings (SSSR count). The molecule has 2 aromatic rings. The van der Waals surface area contributed by atoms with Crippen molar-refractivity contribution in [3.63, 3.8) is 0 Å². The summed E-state index contributed by atoms with van der Waals surface area (Å²) in [5, 5.41) is 5.47. The number of amides is 2. The van der Waals surface area contributed by atoms with Gasteiger partial charge < -0.3 is 15.4 Å². The highest BCUT2D eigenvalue weighted by molar-refractivity contribution is 5.96. The summed E-state index contributed by atoms with van der Waals surface area (Å²) in [5.41, 5.74) is 2.50. The zero-order valence-corrected chi connectivity index (χ0v) is 14.1. The van der Waals surface area contributed by atoms with E-state index in [1.54, 1.807) is 19.2 Å². The van der Waals surface area contributed by atoms with Crippen molar-refractivity contribution in [3.05, 3.63) is 65.2 Å². The number of hydrogen-bond acceptors (Lipinski definition) is 3. The van der Waals surface area contributed by atoms with Crippen LogP contribution in [0.25, 0.3) is 0 Å². The molecule has 0 heterocycles. The Bertz CT molecular complexity index is 711. The van der Waals surface area contributed by atoms with Gasteiger partial charge in [-0.2, -0.15) is 0 Å². The van der Waals surface area contributed by atoms with Gasteiger partial charge in [-0.25, -0.2) is 0 Å². The monoisotopic (exact) mass is 326 g/mol. The van der Waals surface area contributed by atoms with Gasteiger partial charge in [-0.1, -0.05) is 35.9 Å². The Labute approximate surface area is 142 Å². The molecule has 2 N–H and O–H groups in total. The lowest BCUT2D eigenvalue weighted by atomic mass is 10.1. The van der Waals surface area contributed by atoms with Crippen molar-refractivity contribution < 1.29 is 14.3 Å². The number of para-hydroxylation sites is 1. The molecule has 0 aromatic heterocycles. The fourth-order valence-corrected chi connectivity index (χ4v) is 2.36. The topological polar surface area (TPSA) is 67.4 Å². The van der Waals surface area contributed by atoms with Crippen LogP contribution in [0.3, 0.4) is 0 Å². The van der Waals surface area contributed by atoms with Crippen molar-refractivity contribution in [2.45, 2.75) is 19.9 Å². The second-order valence-corrected chi connectivity index (χ2v) is 5.58. The van der Waals surface area contributed by atoms with Crippen LogP contribution in [0.1, 0.15) is 34.5 Å². The first kappa shape index (κ1) is 17.5. The Balaban J connectivity index is 1.88. The Morgan fingerprint density at radius 2 is 1.75 bits per heavy atom. The summed E-state index contributed by atoms with van der Waals surface area (Å²) in [6, 6.07) is 14.5. The lowest BCUT2D eigenvalue weighted by molar-refractivity contribution is -0.120. The van der Waals surface area contributed by atoms with Gasteiger partial charge in [-0.3, -0.25) is 9.59 Å². The van der Waals surface area contributed by atoms with E-state index in [-0.39, 0.29) is 24.4 Å². The maximum Gasteiger partial charge on any atom is 0.251 e. The predicted molar refractivity (Wildman–Crippen MR) is 93.1 cm³/mol. The van der Waals surface area contributed by atoms with Crippen LogP contribution in [0.5, 0.6) is 5.75 Å². The molecule has 0 bridgehead atoms. The number of ether oxygens (including phenoxy) is 1. The van der Waals surface area contributed by atoms with Crippen LogP contribution in [0, 0.1) is 6.92 Å². The standard InChI is InChI=1S/C19H22N2O3/c1-13-8-10-15(11-9-13)19(23)20-12-18(22)21-14(2)16-6-4-5-7-17(16)24-3/h4-11,14H,12H2,1-3H3,(H,20,23)(H,21,22). The zero-order chi connectivity index (χ0) is 17.5. The van der Waals surface area contributed by atoms with E-state index >= 15 is 0 Å². The third kappa shape index (κ3) is 4.59. The molecule has 2 amide bonds. The molecule has 5 heteroatoms. The molecule has 0 saturated carbocycles. The van der Waals surface area contributed by atoms with E-state index in [1.807, 2.05) is 50.2 Å². The maximum absolute atomic E-state index is 12.0. The van der Waals surface area contributed by atoms with E-state index in [1.165, 1.54) is 0 Å². The molecule has 24 heavy (non-hydrogen) atoms. The lowest BCUT2D eigenvalue weighted by Crippen LogP contribution is -2.38. The van der Waals surface area contributed by atoms with Gasteiger partial charge in [-0.15, -0.1) is 0 Å². The van der Waals surface area contributed by atoms with Gasteiger partial charge in [0, 0.05) is 11.1 Å². The fraction of sp³-hybridized carbons (Fsp3) is 0.263. The molecule has 0 radical (unpaired) electrons. The molecule has 2 aromatic carbocycles. The summed E-state index contributed by atoms with van der Waals surface area (Å²) in [6.45, 7) is 3.75. The first-order chi connectivity index (χ1) is 11.5. The Hall–Kier alpha value is -2.82. The van der Waals surface area contributed by atoms with Gasteiger partial charge in [-0.05, 0) is 32.0 Å². The third-order valence-corrected chi connectivity index (χ3v) is 3.71. The van der Waals surface area contributed by atoms with Crippen LogP contribution in [-0.4, -0.2) is 25.5 Å². The first-order valence-corrected chi connectivity index (χ1v) is 7.78. The molecule has 126 valence electrons. The molecule has 0 aliphatic rings. The van der Waals surface area contributed by atoms with Gasteiger partial charge in [0.25, 0.3) is 5.91 Å². The van der Waals surface area contributed by atoms with Crippen LogP contribution in [-0.2, 0) is 4.79 Å². The summed E-state index contributed by atoms with van der Waals surface area (Å²) < 4.78 is 5.29. The van der Waals surface area contributed by atoms with Crippen molar-refractivity contribution in [2.75, 3.05) is 13.7 Å². The van der Waals surface area contributed by atoms with E-state index < -0.39 is 0 Å². The number of aryl methyl sites for hydroxylation is 1. The predicted octanol–water partition coefficient (Wildman–Crippen LogP) is 2.61. The summed E-state index contributed by atoms with van der Waals surface area (Å²) in [6.07, 6.45) is 0. The van der Waals surface area contributed by atoms with Crippen molar-refractivity contribution >= 4 is 11.8 Å². The largest absolute Gasteiger partial charge is 0.496 e. The second-order valence-electron chi connectivity index (χ2n) is 5.58. The highest BCUT2D eigenvalue weighted by Crippen LogP contribution is 2.24. The van der Waals surface area contributed by atoms with Crippen molar-refractivity contribution in [2.24, 2.45) is 0 Å². The molecule has 1 atom stereocenters. The Morgan fingerprint density at radius 1 is 1.08 bits per heavy atom. The molecule has 0 aliphatic heterocycles. The van der Waals surface area contributed by atoms with Crippen LogP contribution >= 0.6 is 0 Å². The molecular formula is C19H22N2O3. The molecule has 0 fully saturated rings. The maximum atomic E-state index is 12.0. The number of benzene rings is 2. The van der Waals surface area contributed by atoms with Gasteiger partial charge in [0.05, 0.1) is 19.7 Å². The summed E-state index contributed by atoms with van der Waals surface area (Å²) in [5.74, 6) is 0.193. The van der Waals surface area contributed by atoms with Crippen molar-refractivity contribution in [1.82, 2.24) is 10.6 Å². The smallest absolute Gasteiger partial charge is 0.251 e. The zero-order valence-electron chi connectivity index (χ0n) is 14.1. The van der Waals surface area contributed by atoms with E-state index in [4.69, 9.17) is 4.74 Å². The minimum atomic E-state index is -0.268. The quantitative estimate of drug-likeness (QED) is 0.857. The van der Waals surface area contributed by atoms with Crippen molar-refractivity contribution in [1.29, 1.82) is 0 Å². The van der Waals surface area contributed by atoms with Gasteiger partial charge in [0.2, 0.25) is 5.91 Å². The van der Waals surface area contributed by atoms with Crippen LogP contribution < -0.4 is 15.4 Å². The lowest BCUT2D eigenvalue weighted by Gasteiger charge is -2.17. The second kappa shape index (κ2) is 8.15. The highest BCUT2D eigenvalue weighted by Gasteiger charge is 2.14. The number of methoxy groups -OCH3 is 1. The third-order valence-electron chi connectivity index (χ3n) is 3.71. The Kier molecular flexibility index (Phi) is 5.95. The number of rotatable bonds is 6. The number of carbonyl (C=O) groups excluding carboxylic acids is 2. The highest BCUT2D eigenvalue weighted by atomic mass is 16.5. The normalized spacial score (nSPS) is 11.5.